The van der Waals surface area contributed by atoms with Crippen LogP contribution in [0.4, 0.5) is 10.5 Å². The van der Waals surface area contributed by atoms with Crippen molar-refractivity contribution in [1.29, 1.82) is 0 Å². The van der Waals surface area contributed by atoms with Gasteiger partial charge in [-0.3, -0.25) is 10.1 Å². The number of aromatic amines is 1. The van der Waals surface area contributed by atoms with E-state index in [1.807, 2.05) is 0 Å². The van der Waals surface area contributed by atoms with E-state index in [2.05, 4.69) is 10.3 Å². The lowest BCUT2D eigenvalue weighted by atomic mass is 10.1. The smallest absolute Gasteiger partial charge is 0.412 e. The van der Waals surface area contributed by atoms with Crippen molar-refractivity contribution >= 4 is 29.5 Å². The number of benzene rings is 1. The third kappa shape index (κ3) is 6.44. The maximum absolute atomic E-state index is 12.6. The summed E-state index contributed by atoms with van der Waals surface area (Å²) in [5.74, 6) is -1.75. The van der Waals surface area contributed by atoms with E-state index in [1.54, 1.807) is 53.7 Å². The summed E-state index contributed by atoms with van der Waals surface area (Å²) in [5, 5.41) is 2.54. The van der Waals surface area contributed by atoms with Gasteiger partial charge in [-0.2, -0.15) is 0 Å². The second-order valence-electron chi connectivity index (χ2n) is 8.05. The van der Waals surface area contributed by atoms with Crippen molar-refractivity contribution in [2.24, 2.45) is 0 Å². The number of hydrogen-bond donors (Lipinski definition) is 2. The van der Waals surface area contributed by atoms with Gasteiger partial charge in [0.1, 0.15) is 11.3 Å². The van der Waals surface area contributed by atoms with Crippen LogP contribution in [-0.4, -0.2) is 47.6 Å². The largest absolute Gasteiger partial charge is 0.461 e. The number of rotatable bonds is 7. The molecule has 0 saturated heterocycles. The molecule has 0 aliphatic carbocycles. The summed E-state index contributed by atoms with van der Waals surface area (Å²) >= 11 is 0. The highest BCUT2D eigenvalue weighted by Crippen LogP contribution is 2.20. The van der Waals surface area contributed by atoms with Crippen LogP contribution < -0.4 is 5.32 Å². The molecule has 0 aliphatic rings. The molecule has 1 amide bonds. The van der Waals surface area contributed by atoms with Crippen molar-refractivity contribution in [3.05, 3.63) is 52.3 Å². The van der Waals surface area contributed by atoms with Crippen LogP contribution in [0, 0.1) is 13.8 Å². The first-order chi connectivity index (χ1) is 14.9. The number of Topliss-reactive ketones (excluding diaryl/α,β-unsaturated/α-hetero) is 1. The van der Waals surface area contributed by atoms with Crippen molar-refractivity contribution in [1.82, 2.24) is 4.98 Å². The lowest BCUT2D eigenvalue weighted by Gasteiger charge is -2.19. The zero-order valence-corrected chi connectivity index (χ0v) is 19.1. The highest BCUT2D eigenvalue weighted by atomic mass is 16.6. The molecule has 9 nitrogen and oxygen atoms in total. The Morgan fingerprint density at radius 1 is 1.03 bits per heavy atom. The normalized spacial score (nSPS) is 10.9. The Labute approximate surface area is 186 Å². The van der Waals surface area contributed by atoms with Gasteiger partial charge in [0.25, 0.3) is 0 Å². The SMILES string of the molecule is CCOC(=O)c1[nH]c(C)c(C(=O)COC(=O)c2cccc(NC(=O)OC(C)(C)C)c2)c1C. The van der Waals surface area contributed by atoms with Crippen LogP contribution in [0.3, 0.4) is 0 Å². The molecule has 0 bridgehead atoms. The predicted molar refractivity (Wildman–Crippen MR) is 117 cm³/mol. The highest BCUT2D eigenvalue weighted by Gasteiger charge is 2.24. The molecule has 0 atom stereocenters. The van der Waals surface area contributed by atoms with E-state index in [0.29, 0.717) is 16.9 Å². The summed E-state index contributed by atoms with van der Waals surface area (Å²) in [7, 11) is 0. The minimum atomic E-state index is -0.734. The number of anilines is 1. The van der Waals surface area contributed by atoms with Crippen molar-refractivity contribution < 1.29 is 33.4 Å². The van der Waals surface area contributed by atoms with E-state index in [-0.39, 0.29) is 23.4 Å². The molecule has 2 rings (SSSR count). The number of aromatic nitrogens is 1. The Balaban J connectivity index is 2.05. The minimum absolute atomic E-state index is 0.154. The van der Waals surface area contributed by atoms with Crippen LogP contribution in [0.5, 0.6) is 0 Å². The first-order valence-corrected chi connectivity index (χ1v) is 10.1. The third-order valence-corrected chi connectivity index (χ3v) is 4.27. The van der Waals surface area contributed by atoms with E-state index in [9.17, 15) is 19.2 Å². The summed E-state index contributed by atoms with van der Waals surface area (Å²) in [6, 6.07) is 6.08. The van der Waals surface area contributed by atoms with Crippen molar-refractivity contribution in [2.45, 2.75) is 47.1 Å². The van der Waals surface area contributed by atoms with Crippen molar-refractivity contribution in [3.8, 4) is 0 Å². The molecule has 1 aromatic heterocycles. The van der Waals surface area contributed by atoms with E-state index < -0.39 is 36.0 Å². The van der Waals surface area contributed by atoms with Gasteiger partial charge in [0.05, 0.1) is 12.2 Å². The molecule has 172 valence electrons. The van der Waals surface area contributed by atoms with Gasteiger partial charge >= 0.3 is 18.0 Å². The van der Waals surface area contributed by atoms with Crippen LogP contribution in [0.25, 0.3) is 0 Å². The van der Waals surface area contributed by atoms with Crippen LogP contribution >= 0.6 is 0 Å². The summed E-state index contributed by atoms with van der Waals surface area (Å²) in [5.41, 5.74) is 1.22. The molecular weight excluding hydrogens is 416 g/mol. The van der Waals surface area contributed by atoms with E-state index in [1.165, 1.54) is 12.1 Å². The summed E-state index contributed by atoms with van der Waals surface area (Å²) in [6.07, 6.45) is -0.658. The molecule has 0 radical (unpaired) electrons. The number of amides is 1. The minimum Gasteiger partial charge on any atom is -0.461 e. The van der Waals surface area contributed by atoms with Crippen LogP contribution in [0.2, 0.25) is 0 Å². The van der Waals surface area contributed by atoms with Gasteiger partial charge in [-0.15, -0.1) is 0 Å². The number of ketones is 1. The number of nitrogens with one attached hydrogen (secondary N) is 2. The third-order valence-electron chi connectivity index (χ3n) is 4.27. The molecule has 0 fully saturated rings. The lowest BCUT2D eigenvalue weighted by molar-refractivity contribution is 0.0473. The van der Waals surface area contributed by atoms with Gasteiger partial charge in [-0.05, 0) is 65.3 Å². The Morgan fingerprint density at radius 3 is 2.34 bits per heavy atom. The van der Waals surface area contributed by atoms with E-state index >= 15 is 0 Å². The number of hydrogen-bond acceptors (Lipinski definition) is 7. The molecule has 9 heteroatoms. The Hall–Kier alpha value is -3.62. The molecule has 2 aromatic rings. The van der Waals surface area contributed by atoms with Crippen molar-refractivity contribution in [3.63, 3.8) is 0 Å². The van der Waals surface area contributed by atoms with E-state index in [4.69, 9.17) is 14.2 Å². The topological polar surface area (TPSA) is 124 Å². The molecule has 2 N–H and O–H groups in total. The van der Waals surface area contributed by atoms with Gasteiger partial charge in [0, 0.05) is 16.9 Å². The van der Waals surface area contributed by atoms with Gasteiger partial charge < -0.3 is 19.2 Å². The van der Waals surface area contributed by atoms with Gasteiger partial charge in [-0.25, -0.2) is 14.4 Å². The van der Waals surface area contributed by atoms with Gasteiger partial charge in [-0.1, -0.05) is 6.07 Å². The number of H-pyrrole nitrogens is 1. The standard InChI is InChI=1S/C23H28N2O7/c1-7-30-21(28)19-13(2)18(14(3)24-19)17(26)12-31-20(27)15-9-8-10-16(11-15)25-22(29)32-23(4,5)6/h8-11,24H,7,12H2,1-6H3,(H,25,29). The molecule has 1 heterocycles. The molecular formula is C23H28N2O7. The Morgan fingerprint density at radius 2 is 1.72 bits per heavy atom. The average molecular weight is 444 g/mol. The zero-order valence-electron chi connectivity index (χ0n) is 19.1. The fraction of sp³-hybridized carbons (Fsp3) is 0.391. The molecule has 1 aromatic carbocycles. The number of esters is 2. The molecule has 0 unspecified atom stereocenters. The highest BCUT2D eigenvalue weighted by molar-refractivity contribution is 6.04. The van der Waals surface area contributed by atoms with Crippen LogP contribution in [0.1, 0.15) is 70.2 Å². The fourth-order valence-corrected chi connectivity index (χ4v) is 3.01. The molecule has 0 saturated carbocycles. The second kappa shape index (κ2) is 10.1. The van der Waals surface area contributed by atoms with Gasteiger partial charge in [0.15, 0.2) is 6.61 Å². The average Bonchev–Trinajstić information content (AvgIpc) is 2.99. The lowest BCUT2D eigenvalue weighted by Crippen LogP contribution is -2.27. The van der Waals surface area contributed by atoms with E-state index in [0.717, 1.165) is 0 Å². The van der Waals surface area contributed by atoms with Gasteiger partial charge in [0.2, 0.25) is 5.78 Å². The number of carbonyl (C=O) groups is 4. The number of aryl methyl sites for hydroxylation is 1. The van der Waals surface area contributed by atoms with Crippen LogP contribution in [0.15, 0.2) is 24.3 Å². The summed E-state index contributed by atoms with van der Waals surface area (Å²) in [4.78, 5) is 51.8. The predicted octanol–water partition coefficient (Wildman–Crippen LogP) is 4.19. The summed E-state index contributed by atoms with van der Waals surface area (Å²) in [6.45, 7) is 9.87. The fourth-order valence-electron chi connectivity index (χ4n) is 3.01. The summed E-state index contributed by atoms with van der Waals surface area (Å²) < 4.78 is 15.3. The van der Waals surface area contributed by atoms with Crippen LogP contribution in [-0.2, 0) is 14.2 Å². The monoisotopic (exact) mass is 444 g/mol. The maximum Gasteiger partial charge on any atom is 0.412 e. The number of ether oxygens (including phenoxy) is 3. The van der Waals surface area contributed by atoms with Crippen molar-refractivity contribution in [2.75, 3.05) is 18.5 Å². The molecule has 0 aliphatic heterocycles. The first-order valence-electron chi connectivity index (χ1n) is 10.1. The second-order valence-corrected chi connectivity index (χ2v) is 8.05. The molecule has 32 heavy (non-hydrogen) atoms. The quantitative estimate of drug-likeness (QED) is 0.373. The maximum atomic E-state index is 12.6. The zero-order chi connectivity index (χ0) is 24.1. The Bertz CT molecular complexity index is 1030. The molecule has 0 spiro atoms. The Kier molecular flexibility index (Phi) is 7.80. The number of carbonyl (C=O) groups excluding carboxylic acids is 4. The first kappa shape index (κ1) is 24.6.